The Morgan fingerprint density at radius 1 is 1.05 bits per heavy atom. The number of carboxylic acid groups (broad SMARTS) is 1. The lowest BCUT2D eigenvalue weighted by Gasteiger charge is -2.09. The fraction of sp³-hybridized carbons (Fsp3) is 0.125. The number of benzene rings is 2. The highest BCUT2D eigenvalue weighted by molar-refractivity contribution is 5.99. The molecule has 2 N–H and O–H groups in total. The molecular weight excluding hydrogens is 254 g/mol. The highest BCUT2D eigenvalue weighted by Gasteiger charge is 2.13. The van der Waals surface area contributed by atoms with Gasteiger partial charge in [0.15, 0.2) is 0 Å². The third-order valence-electron chi connectivity index (χ3n) is 3.13. The highest BCUT2D eigenvalue weighted by atomic mass is 16.4. The van der Waals surface area contributed by atoms with Gasteiger partial charge < -0.3 is 10.4 Å². The van der Waals surface area contributed by atoms with Crippen molar-refractivity contribution < 1.29 is 14.7 Å². The van der Waals surface area contributed by atoms with Crippen LogP contribution in [0.25, 0.3) is 11.1 Å². The molecule has 0 saturated heterocycles. The Bertz CT molecular complexity index is 677. The molecule has 102 valence electrons. The van der Waals surface area contributed by atoms with Crippen LogP contribution < -0.4 is 5.32 Å². The summed E-state index contributed by atoms with van der Waals surface area (Å²) in [7, 11) is 1.52. The van der Waals surface area contributed by atoms with E-state index in [1.54, 1.807) is 12.1 Å². The Morgan fingerprint density at radius 2 is 1.70 bits per heavy atom. The number of hydrogen-bond acceptors (Lipinski definition) is 2. The van der Waals surface area contributed by atoms with Crippen molar-refractivity contribution in [1.29, 1.82) is 0 Å². The van der Waals surface area contributed by atoms with Crippen LogP contribution in [0.1, 0.15) is 26.3 Å². The fourth-order valence-electron chi connectivity index (χ4n) is 2.08. The summed E-state index contributed by atoms with van der Waals surface area (Å²) in [4.78, 5) is 23.0. The van der Waals surface area contributed by atoms with Crippen LogP contribution in [-0.2, 0) is 0 Å². The molecule has 20 heavy (non-hydrogen) atoms. The van der Waals surface area contributed by atoms with E-state index in [-0.39, 0.29) is 11.5 Å². The lowest BCUT2D eigenvalue weighted by atomic mass is 9.96. The highest BCUT2D eigenvalue weighted by Crippen LogP contribution is 2.25. The Morgan fingerprint density at radius 3 is 2.30 bits per heavy atom. The van der Waals surface area contributed by atoms with Crippen LogP contribution in [0, 0.1) is 6.92 Å². The molecule has 4 heteroatoms. The van der Waals surface area contributed by atoms with E-state index in [2.05, 4.69) is 5.32 Å². The van der Waals surface area contributed by atoms with Crippen molar-refractivity contribution >= 4 is 11.9 Å². The standard InChI is InChI=1S/C16H15NO3/c1-10-5-3-4-6-14(10)11-7-12(15(18)17-2)9-13(8-11)16(19)20/h3-9H,1-2H3,(H,17,18)(H,19,20). The summed E-state index contributed by atoms with van der Waals surface area (Å²) in [6.07, 6.45) is 0. The molecular formula is C16H15NO3. The molecule has 0 spiro atoms. The van der Waals surface area contributed by atoms with Crippen molar-refractivity contribution in [3.63, 3.8) is 0 Å². The smallest absolute Gasteiger partial charge is 0.335 e. The van der Waals surface area contributed by atoms with Gasteiger partial charge in [-0.1, -0.05) is 24.3 Å². The van der Waals surface area contributed by atoms with Crippen molar-refractivity contribution in [2.45, 2.75) is 6.92 Å². The third-order valence-corrected chi connectivity index (χ3v) is 3.13. The predicted octanol–water partition coefficient (Wildman–Crippen LogP) is 2.72. The summed E-state index contributed by atoms with van der Waals surface area (Å²) in [5.74, 6) is -1.35. The maximum absolute atomic E-state index is 11.8. The molecule has 0 saturated carbocycles. The molecule has 0 aliphatic carbocycles. The van der Waals surface area contributed by atoms with Crippen LogP contribution in [0.4, 0.5) is 0 Å². The second-order valence-electron chi connectivity index (χ2n) is 4.50. The topological polar surface area (TPSA) is 66.4 Å². The molecule has 2 aromatic carbocycles. The van der Waals surface area contributed by atoms with E-state index in [4.69, 9.17) is 0 Å². The Balaban J connectivity index is 2.64. The van der Waals surface area contributed by atoms with E-state index in [0.717, 1.165) is 16.7 Å². The second kappa shape index (κ2) is 5.57. The number of carboxylic acids is 1. The van der Waals surface area contributed by atoms with Crippen LogP contribution in [0.2, 0.25) is 0 Å². The van der Waals surface area contributed by atoms with Gasteiger partial charge in [-0.2, -0.15) is 0 Å². The zero-order valence-corrected chi connectivity index (χ0v) is 11.3. The average molecular weight is 269 g/mol. The lowest BCUT2D eigenvalue weighted by Crippen LogP contribution is -2.18. The summed E-state index contributed by atoms with van der Waals surface area (Å²) in [5, 5.41) is 11.7. The fourth-order valence-corrected chi connectivity index (χ4v) is 2.08. The number of carbonyl (C=O) groups is 2. The summed E-state index contributed by atoms with van der Waals surface area (Å²) in [6, 6.07) is 12.3. The molecule has 2 aromatic rings. The van der Waals surface area contributed by atoms with Gasteiger partial charge in [0.2, 0.25) is 0 Å². The molecule has 4 nitrogen and oxygen atoms in total. The molecule has 0 aliphatic heterocycles. The molecule has 0 bridgehead atoms. The first-order valence-electron chi connectivity index (χ1n) is 6.19. The van der Waals surface area contributed by atoms with Crippen molar-refractivity contribution in [1.82, 2.24) is 5.32 Å². The van der Waals surface area contributed by atoms with Gasteiger partial charge in [0.25, 0.3) is 5.91 Å². The molecule has 0 fully saturated rings. The second-order valence-corrected chi connectivity index (χ2v) is 4.50. The summed E-state index contributed by atoms with van der Waals surface area (Å²) in [5.41, 5.74) is 3.11. The van der Waals surface area contributed by atoms with Crippen LogP contribution in [0.5, 0.6) is 0 Å². The maximum atomic E-state index is 11.8. The van der Waals surface area contributed by atoms with E-state index < -0.39 is 5.97 Å². The SMILES string of the molecule is CNC(=O)c1cc(C(=O)O)cc(-c2ccccc2C)c1. The van der Waals surface area contributed by atoms with Gasteiger partial charge in [0.05, 0.1) is 5.56 Å². The molecule has 0 unspecified atom stereocenters. The van der Waals surface area contributed by atoms with Crippen molar-refractivity contribution in [2.24, 2.45) is 0 Å². The minimum atomic E-state index is -1.05. The van der Waals surface area contributed by atoms with Gasteiger partial charge in [-0.3, -0.25) is 4.79 Å². The number of hydrogen-bond donors (Lipinski definition) is 2. The Kier molecular flexibility index (Phi) is 3.84. The first-order valence-corrected chi connectivity index (χ1v) is 6.19. The van der Waals surface area contributed by atoms with Crippen molar-refractivity contribution in [3.8, 4) is 11.1 Å². The number of aryl methyl sites for hydroxylation is 1. The molecule has 0 atom stereocenters. The lowest BCUT2D eigenvalue weighted by molar-refractivity contribution is 0.0697. The monoisotopic (exact) mass is 269 g/mol. The van der Waals surface area contributed by atoms with Crippen LogP contribution >= 0.6 is 0 Å². The van der Waals surface area contributed by atoms with Gasteiger partial charge in [-0.05, 0) is 41.8 Å². The summed E-state index contributed by atoms with van der Waals surface area (Å²) >= 11 is 0. The molecule has 0 heterocycles. The third kappa shape index (κ3) is 2.69. The Labute approximate surface area is 117 Å². The van der Waals surface area contributed by atoms with E-state index >= 15 is 0 Å². The first kappa shape index (κ1) is 13.8. The molecule has 0 aliphatic rings. The zero-order valence-electron chi connectivity index (χ0n) is 11.3. The van der Waals surface area contributed by atoms with Gasteiger partial charge in [-0.15, -0.1) is 0 Å². The van der Waals surface area contributed by atoms with Crippen molar-refractivity contribution in [3.05, 3.63) is 59.2 Å². The first-order chi connectivity index (χ1) is 9.52. The van der Waals surface area contributed by atoms with Gasteiger partial charge in [0, 0.05) is 12.6 Å². The van der Waals surface area contributed by atoms with E-state index in [9.17, 15) is 14.7 Å². The number of nitrogens with one attached hydrogen (secondary N) is 1. The summed E-state index contributed by atoms with van der Waals surface area (Å²) in [6.45, 7) is 1.95. The minimum Gasteiger partial charge on any atom is -0.478 e. The number of amides is 1. The van der Waals surface area contributed by atoms with Gasteiger partial charge in [-0.25, -0.2) is 4.79 Å². The Hall–Kier alpha value is -2.62. The summed E-state index contributed by atoms with van der Waals surface area (Å²) < 4.78 is 0. The maximum Gasteiger partial charge on any atom is 0.335 e. The molecule has 1 amide bonds. The normalized spacial score (nSPS) is 10.1. The zero-order chi connectivity index (χ0) is 14.7. The molecule has 0 aromatic heterocycles. The number of aromatic carboxylic acids is 1. The van der Waals surface area contributed by atoms with E-state index in [0.29, 0.717) is 5.56 Å². The van der Waals surface area contributed by atoms with Crippen LogP contribution in [-0.4, -0.2) is 24.0 Å². The van der Waals surface area contributed by atoms with Gasteiger partial charge in [0.1, 0.15) is 0 Å². The van der Waals surface area contributed by atoms with Gasteiger partial charge >= 0.3 is 5.97 Å². The average Bonchev–Trinajstić information content (AvgIpc) is 2.46. The van der Waals surface area contributed by atoms with Crippen LogP contribution in [0.15, 0.2) is 42.5 Å². The van der Waals surface area contributed by atoms with E-state index in [1.165, 1.54) is 13.1 Å². The van der Waals surface area contributed by atoms with E-state index in [1.807, 2.05) is 31.2 Å². The number of carbonyl (C=O) groups excluding carboxylic acids is 1. The van der Waals surface area contributed by atoms with Crippen molar-refractivity contribution in [2.75, 3.05) is 7.05 Å². The largest absolute Gasteiger partial charge is 0.478 e. The molecule has 0 radical (unpaired) electrons. The van der Waals surface area contributed by atoms with Crippen LogP contribution in [0.3, 0.4) is 0 Å². The minimum absolute atomic E-state index is 0.101. The quantitative estimate of drug-likeness (QED) is 0.900. The number of rotatable bonds is 3. The predicted molar refractivity (Wildman–Crippen MR) is 77.0 cm³/mol. The molecule has 2 rings (SSSR count).